The van der Waals surface area contributed by atoms with Crippen molar-refractivity contribution < 1.29 is 13.9 Å². The minimum atomic E-state index is -0.519. The van der Waals surface area contributed by atoms with E-state index in [-0.39, 0.29) is 23.8 Å². The second kappa shape index (κ2) is 8.71. The molecule has 1 aliphatic carbocycles. The number of nitrogens with one attached hydrogen (secondary N) is 1. The van der Waals surface area contributed by atoms with E-state index in [4.69, 9.17) is 10.5 Å². The summed E-state index contributed by atoms with van der Waals surface area (Å²) in [7, 11) is 0. The van der Waals surface area contributed by atoms with E-state index in [1.807, 2.05) is 24.3 Å². The summed E-state index contributed by atoms with van der Waals surface area (Å²) in [6.07, 6.45) is -0.118. The number of fused-ring (bicyclic) bond motifs is 3. The van der Waals surface area contributed by atoms with Crippen LogP contribution in [0.2, 0.25) is 0 Å². The molecule has 4 rings (SSSR count). The summed E-state index contributed by atoms with van der Waals surface area (Å²) in [4.78, 5) is 12.1. The Labute approximate surface area is 174 Å². The maximum Gasteiger partial charge on any atom is 0.407 e. The Balaban J connectivity index is 1.30. The Morgan fingerprint density at radius 1 is 1.00 bits per heavy atom. The van der Waals surface area contributed by atoms with Crippen molar-refractivity contribution in [1.29, 1.82) is 0 Å². The van der Waals surface area contributed by atoms with Crippen LogP contribution in [0.4, 0.5) is 14.9 Å². The number of anilines is 1. The van der Waals surface area contributed by atoms with Crippen molar-refractivity contribution in [3.05, 3.63) is 89.2 Å². The van der Waals surface area contributed by atoms with Gasteiger partial charge in [-0.15, -0.1) is 0 Å². The van der Waals surface area contributed by atoms with Gasteiger partial charge < -0.3 is 15.8 Å². The van der Waals surface area contributed by atoms with Crippen LogP contribution < -0.4 is 11.1 Å². The number of carbonyl (C=O) groups excluding carboxylic acids is 1. The molecule has 0 heterocycles. The van der Waals surface area contributed by atoms with Crippen LogP contribution in [0.5, 0.6) is 0 Å². The van der Waals surface area contributed by atoms with Crippen molar-refractivity contribution in [2.24, 2.45) is 0 Å². The van der Waals surface area contributed by atoms with Crippen LogP contribution in [0.25, 0.3) is 11.1 Å². The average Bonchev–Trinajstić information content (AvgIpc) is 3.09. The molecule has 0 spiro atoms. The minimum absolute atomic E-state index is 0.0226. The molecule has 3 N–H and O–H groups in total. The number of nitrogen functional groups attached to an aromatic ring is 1. The zero-order valence-electron chi connectivity index (χ0n) is 16.3. The second-order valence-corrected chi connectivity index (χ2v) is 7.01. The van der Waals surface area contributed by atoms with Crippen molar-refractivity contribution in [1.82, 2.24) is 5.32 Å². The van der Waals surface area contributed by atoms with Crippen molar-refractivity contribution in [2.45, 2.75) is 12.3 Å². The molecular formula is C25H21FN2O2. The lowest BCUT2D eigenvalue weighted by Crippen LogP contribution is -2.26. The van der Waals surface area contributed by atoms with Crippen LogP contribution in [0.15, 0.2) is 66.7 Å². The first-order valence-electron chi connectivity index (χ1n) is 9.77. The van der Waals surface area contributed by atoms with E-state index in [9.17, 15) is 9.18 Å². The Morgan fingerprint density at radius 2 is 1.67 bits per heavy atom. The van der Waals surface area contributed by atoms with Gasteiger partial charge in [-0.1, -0.05) is 66.4 Å². The lowest BCUT2D eigenvalue weighted by atomic mass is 9.98. The molecule has 0 saturated carbocycles. The summed E-state index contributed by atoms with van der Waals surface area (Å²) in [5.41, 5.74) is 10.5. The molecule has 0 fully saturated rings. The molecule has 3 aromatic rings. The van der Waals surface area contributed by atoms with Gasteiger partial charge in [-0.2, -0.15) is 0 Å². The molecular weight excluding hydrogens is 379 g/mol. The monoisotopic (exact) mass is 400 g/mol. The summed E-state index contributed by atoms with van der Waals surface area (Å²) in [5.74, 6) is 5.07. The highest BCUT2D eigenvalue weighted by Gasteiger charge is 2.28. The second-order valence-electron chi connectivity index (χ2n) is 7.01. The molecule has 0 saturated heterocycles. The topological polar surface area (TPSA) is 64.3 Å². The fourth-order valence-electron chi connectivity index (χ4n) is 3.68. The van der Waals surface area contributed by atoms with E-state index in [1.54, 1.807) is 12.1 Å². The van der Waals surface area contributed by atoms with Gasteiger partial charge in [0.25, 0.3) is 0 Å². The van der Waals surface area contributed by atoms with Gasteiger partial charge in [0.1, 0.15) is 6.61 Å². The Hall–Kier alpha value is -3.78. The number of carbonyl (C=O) groups is 1. The number of amides is 1. The van der Waals surface area contributed by atoms with Crippen LogP contribution in [-0.4, -0.2) is 19.2 Å². The molecule has 1 aliphatic rings. The lowest BCUT2D eigenvalue weighted by molar-refractivity contribution is 0.143. The predicted octanol–water partition coefficient (Wildman–Crippen LogP) is 4.69. The van der Waals surface area contributed by atoms with E-state index in [0.29, 0.717) is 13.0 Å². The van der Waals surface area contributed by atoms with Crippen molar-refractivity contribution in [3.63, 3.8) is 0 Å². The Kier molecular flexibility index (Phi) is 5.67. The number of ether oxygens (including phenoxy) is 1. The molecule has 1 amide bonds. The van der Waals surface area contributed by atoms with E-state index in [0.717, 1.165) is 0 Å². The van der Waals surface area contributed by atoms with Gasteiger partial charge in [0.05, 0.1) is 11.3 Å². The molecule has 0 atom stereocenters. The number of halogens is 1. The third-order valence-electron chi connectivity index (χ3n) is 5.11. The van der Waals surface area contributed by atoms with Crippen LogP contribution in [0, 0.1) is 17.7 Å². The molecule has 3 aromatic carbocycles. The molecule has 5 heteroatoms. The zero-order chi connectivity index (χ0) is 20.9. The van der Waals surface area contributed by atoms with E-state index in [1.165, 1.54) is 28.3 Å². The van der Waals surface area contributed by atoms with Gasteiger partial charge in [0.15, 0.2) is 5.82 Å². The highest BCUT2D eigenvalue weighted by Crippen LogP contribution is 2.44. The summed E-state index contributed by atoms with van der Waals surface area (Å²) in [6.45, 7) is 0.577. The fourth-order valence-corrected chi connectivity index (χ4v) is 3.68. The smallest absolute Gasteiger partial charge is 0.407 e. The maximum absolute atomic E-state index is 13.8. The van der Waals surface area contributed by atoms with Crippen molar-refractivity contribution in [2.75, 3.05) is 18.9 Å². The van der Waals surface area contributed by atoms with Gasteiger partial charge in [0.2, 0.25) is 0 Å². The van der Waals surface area contributed by atoms with Crippen molar-refractivity contribution in [3.8, 4) is 23.0 Å². The van der Waals surface area contributed by atoms with Crippen LogP contribution in [0.3, 0.4) is 0 Å². The minimum Gasteiger partial charge on any atom is -0.449 e. The number of nitrogens with two attached hydrogens (primary N) is 1. The Bertz CT molecular complexity index is 1100. The largest absolute Gasteiger partial charge is 0.449 e. The summed E-state index contributed by atoms with van der Waals surface area (Å²) in [6, 6.07) is 21.1. The molecule has 150 valence electrons. The highest BCUT2D eigenvalue weighted by molar-refractivity contribution is 5.79. The summed E-state index contributed by atoms with van der Waals surface area (Å²) in [5, 5.41) is 2.68. The first kappa shape index (κ1) is 19.5. The SMILES string of the molecule is Nc1cccc(C#CCCNC(=O)OCC2c3ccccc3-c3ccccc32)c1F. The third kappa shape index (κ3) is 3.99. The summed E-state index contributed by atoms with van der Waals surface area (Å²) < 4.78 is 19.2. The standard InChI is InChI=1S/C25H21FN2O2/c26-24-17(9-7-14-23(24)27)8-5-6-15-28-25(29)30-16-22-20-12-3-1-10-18(20)19-11-2-4-13-21(19)22/h1-4,7,9-14,22H,6,15-16,27H2,(H,28,29). The Morgan fingerprint density at radius 3 is 2.37 bits per heavy atom. The van der Waals surface area contributed by atoms with Gasteiger partial charge in [-0.25, -0.2) is 9.18 Å². The lowest BCUT2D eigenvalue weighted by Gasteiger charge is -2.14. The van der Waals surface area contributed by atoms with E-state index in [2.05, 4.69) is 41.4 Å². The molecule has 0 unspecified atom stereocenters. The highest BCUT2D eigenvalue weighted by atomic mass is 19.1. The van der Waals surface area contributed by atoms with Gasteiger partial charge in [-0.3, -0.25) is 0 Å². The summed E-state index contributed by atoms with van der Waals surface area (Å²) >= 11 is 0. The molecule has 0 radical (unpaired) electrons. The average molecular weight is 400 g/mol. The number of hydrogen-bond donors (Lipinski definition) is 2. The van der Waals surface area contributed by atoms with E-state index < -0.39 is 11.9 Å². The first-order valence-corrected chi connectivity index (χ1v) is 9.77. The maximum atomic E-state index is 13.8. The van der Waals surface area contributed by atoms with Gasteiger partial charge >= 0.3 is 6.09 Å². The van der Waals surface area contributed by atoms with Crippen LogP contribution in [-0.2, 0) is 4.74 Å². The number of benzene rings is 3. The molecule has 4 nitrogen and oxygen atoms in total. The number of alkyl carbamates (subject to hydrolysis) is 1. The van der Waals surface area contributed by atoms with Gasteiger partial charge in [0, 0.05) is 18.9 Å². The molecule has 0 bridgehead atoms. The number of hydrogen-bond acceptors (Lipinski definition) is 3. The molecule has 0 aliphatic heterocycles. The predicted molar refractivity (Wildman–Crippen MR) is 115 cm³/mol. The molecule has 30 heavy (non-hydrogen) atoms. The normalized spacial score (nSPS) is 11.8. The van der Waals surface area contributed by atoms with E-state index >= 15 is 0 Å². The third-order valence-corrected chi connectivity index (χ3v) is 5.11. The number of rotatable bonds is 4. The van der Waals surface area contributed by atoms with Gasteiger partial charge in [-0.05, 0) is 34.4 Å². The van der Waals surface area contributed by atoms with Crippen LogP contribution >= 0.6 is 0 Å². The van der Waals surface area contributed by atoms with Crippen molar-refractivity contribution >= 4 is 11.8 Å². The quantitative estimate of drug-likeness (QED) is 0.379. The zero-order valence-corrected chi connectivity index (χ0v) is 16.3. The molecule has 0 aromatic heterocycles. The fraction of sp³-hybridized carbons (Fsp3) is 0.160. The first-order chi connectivity index (χ1) is 14.6. The van der Waals surface area contributed by atoms with Crippen LogP contribution in [0.1, 0.15) is 29.0 Å².